The Morgan fingerprint density at radius 1 is 1.14 bits per heavy atom. The van der Waals surface area contributed by atoms with Gasteiger partial charge in [-0.3, -0.25) is 9.59 Å². The maximum Gasteiger partial charge on any atom is 0.260 e. The van der Waals surface area contributed by atoms with Gasteiger partial charge in [0.15, 0.2) is 0 Å². The second-order valence-electron chi connectivity index (χ2n) is 5.21. The molecule has 7 nitrogen and oxygen atoms in total. The third-order valence-electron chi connectivity index (χ3n) is 3.69. The van der Waals surface area contributed by atoms with Crippen LogP contribution in [0.2, 0.25) is 0 Å². The van der Waals surface area contributed by atoms with Crippen LogP contribution < -0.4 is 10.5 Å². The Kier molecular flexibility index (Phi) is 3.86. The van der Waals surface area contributed by atoms with Crippen LogP contribution in [0.3, 0.4) is 0 Å². The summed E-state index contributed by atoms with van der Waals surface area (Å²) in [6.45, 7) is 4.18. The van der Waals surface area contributed by atoms with Gasteiger partial charge in [-0.25, -0.2) is 9.97 Å². The molecule has 0 radical (unpaired) electrons. The van der Waals surface area contributed by atoms with Gasteiger partial charge in [-0.15, -0.1) is 0 Å². The molecule has 7 heteroatoms. The number of pyridine rings is 1. The van der Waals surface area contributed by atoms with E-state index in [0.717, 1.165) is 5.69 Å². The lowest BCUT2D eigenvalue weighted by molar-refractivity contribution is 0.0744. The zero-order chi connectivity index (χ0) is 15.5. The van der Waals surface area contributed by atoms with Crippen LogP contribution in [0.25, 0.3) is 0 Å². The molecule has 2 aromatic rings. The van der Waals surface area contributed by atoms with Gasteiger partial charge in [0.05, 0.1) is 0 Å². The number of nitrogens with one attached hydrogen (secondary N) is 1. The first-order valence-electron chi connectivity index (χ1n) is 7.16. The van der Waals surface area contributed by atoms with Gasteiger partial charge in [0.1, 0.15) is 5.56 Å². The van der Waals surface area contributed by atoms with Crippen LogP contribution in [0.5, 0.6) is 0 Å². The third-order valence-corrected chi connectivity index (χ3v) is 3.69. The number of H-pyrrole nitrogens is 1. The minimum absolute atomic E-state index is 0.190. The van der Waals surface area contributed by atoms with E-state index >= 15 is 0 Å². The quantitative estimate of drug-likeness (QED) is 0.870. The van der Waals surface area contributed by atoms with E-state index in [2.05, 4.69) is 15.0 Å². The predicted molar refractivity (Wildman–Crippen MR) is 81.9 cm³/mol. The summed E-state index contributed by atoms with van der Waals surface area (Å²) in [7, 11) is 0. The average Bonchev–Trinajstić information content (AvgIpc) is 2.55. The van der Waals surface area contributed by atoms with E-state index in [4.69, 9.17) is 0 Å². The smallest absolute Gasteiger partial charge is 0.260 e. The van der Waals surface area contributed by atoms with Crippen molar-refractivity contribution in [2.75, 3.05) is 31.1 Å². The lowest BCUT2D eigenvalue weighted by Crippen LogP contribution is -2.50. The van der Waals surface area contributed by atoms with Crippen LogP contribution >= 0.6 is 0 Å². The summed E-state index contributed by atoms with van der Waals surface area (Å²) in [4.78, 5) is 39.1. The number of hydrogen-bond acceptors (Lipinski definition) is 5. The minimum Gasteiger partial charge on any atom is -0.337 e. The minimum atomic E-state index is -0.334. The SMILES string of the molecule is Cc1ccc(C(=O)N2CCN(c3ncccn3)CC2)c(=O)[nH]1. The highest BCUT2D eigenvalue weighted by molar-refractivity contribution is 5.94. The molecule has 0 bridgehead atoms. The van der Waals surface area contributed by atoms with Crippen LogP contribution in [0.15, 0.2) is 35.4 Å². The number of piperazine rings is 1. The monoisotopic (exact) mass is 299 g/mol. The fraction of sp³-hybridized carbons (Fsp3) is 0.333. The topological polar surface area (TPSA) is 82.2 Å². The molecule has 2 aromatic heterocycles. The first-order chi connectivity index (χ1) is 10.6. The molecule has 3 rings (SSSR count). The van der Waals surface area contributed by atoms with Crippen molar-refractivity contribution in [3.8, 4) is 0 Å². The van der Waals surface area contributed by atoms with Gasteiger partial charge in [0.25, 0.3) is 11.5 Å². The van der Waals surface area contributed by atoms with Gasteiger partial charge in [0, 0.05) is 44.3 Å². The van der Waals surface area contributed by atoms with Crippen LogP contribution in [-0.2, 0) is 0 Å². The van der Waals surface area contributed by atoms with Crippen LogP contribution in [0.1, 0.15) is 16.1 Å². The van der Waals surface area contributed by atoms with E-state index in [1.165, 1.54) is 0 Å². The molecule has 1 amide bonds. The standard InChI is InChI=1S/C15H17N5O2/c1-11-3-4-12(13(21)18-11)14(22)19-7-9-20(10-8-19)15-16-5-2-6-17-15/h2-6H,7-10H2,1H3,(H,18,21). The van der Waals surface area contributed by atoms with Crippen molar-refractivity contribution in [1.29, 1.82) is 0 Å². The van der Waals surface area contributed by atoms with E-state index in [1.54, 1.807) is 42.4 Å². The number of aromatic nitrogens is 3. The summed E-state index contributed by atoms with van der Waals surface area (Å²) in [5, 5.41) is 0. The zero-order valence-electron chi connectivity index (χ0n) is 12.3. The van der Waals surface area contributed by atoms with Crippen molar-refractivity contribution >= 4 is 11.9 Å². The molecule has 1 saturated heterocycles. The highest BCUT2D eigenvalue weighted by Crippen LogP contribution is 2.11. The Morgan fingerprint density at radius 3 is 2.45 bits per heavy atom. The summed E-state index contributed by atoms with van der Waals surface area (Å²) in [6, 6.07) is 5.10. The number of nitrogens with zero attached hydrogens (tertiary/aromatic N) is 4. The molecule has 0 spiro atoms. The largest absolute Gasteiger partial charge is 0.337 e. The maximum atomic E-state index is 12.4. The number of carbonyl (C=O) groups excluding carboxylic acids is 1. The molecule has 1 aliphatic heterocycles. The second-order valence-corrected chi connectivity index (χ2v) is 5.21. The van der Waals surface area contributed by atoms with Crippen molar-refractivity contribution in [2.24, 2.45) is 0 Å². The molecular weight excluding hydrogens is 282 g/mol. The second kappa shape index (κ2) is 5.97. The molecule has 0 aliphatic carbocycles. The molecule has 0 unspecified atom stereocenters. The molecule has 114 valence electrons. The zero-order valence-corrected chi connectivity index (χ0v) is 12.3. The van der Waals surface area contributed by atoms with Crippen molar-refractivity contribution in [3.63, 3.8) is 0 Å². The first kappa shape index (κ1) is 14.2. The molecule has 1 N–H and O–H groups in total. The fourth-order valence-corrected chi connectivity index (χ4v) is 2.47. The Bertz CT molecular complexity index is 720. The molecule has 0 atom stereocenters. The number of aryl methyl sites for hydroxylation is 1. The summed E-state index contributed by atoms with van der Waals surface area (Å²) in [6.07, 6.45) is 3.40. The number of hydrogen-bond donors (Lipinski definition) is 1. The van der Waals surface area contributed by atoms with E-state index < -0.39 is 0 Å². The van der Waals surface area contributed by atoms with Crippen LogP contribution in [0.4, 0.5) is 5.95 Å². The summed E-state index contributed by atoms with van der Waals surface area (Å²) in [5.74, 6) is 0.442. The third kappa shape index (κ3) is 2.83. The number of rotatable bonds is 2. The summed E-state index contributed by atoms with van der Waals surface area (Å²) in [5.41, 5.74) is 0.599. The molecule has 0 aromatic carbocycles. The lowest BCUT2D eigenvalue weighted by Gasteiger charge is -2.34. The molecule has 1 fully saturated rings. The predicted octanol–water partition coefficient (Wildman–Crippen LogP) is 0.436. The van der Waals surface area contributed by atoms with E-state index in [9.17, 15) is 9.59 Å². The van der Waals surface area contributed by atoms with Crippen molar-refractivity contribution in [1.82, 2.24) is 19.9 Å². The number of carbonyl (C=O) groups is 1. The fourth-order valence-electron chi connectivity index (χ4n) is 2.47. The lowest BCUT2D eigenvalue weighted by atomic mass is 10.2. The Morgan fingerprint density at radius 2 is 1.82 bits per heavy atom. The van der Waals surface area contributed by atoms with Gasteiger partial charge < -0.3 is 14.8 Å². The average molecular weight is 299 g/mol. The van der Waals surface area contributed by atoms with Gasteiger partial charge in [-0.05, 0) is 25.1 Å². The Hall–Kier alpha value is -2.70. The van der Waals surface area contributed by atoms with Crippen LogP contribution in [0, 0.1) is 6.92 Å². The highest BCUT2D eigenvalue weighted by atomic mass is 16.2. The van der Waals surface area contributed by atoms with Crippen molar-refractivity contribution < 1.29 is 4.79 Å². The molecular formula is C15H17N5O2. The summed E-state index contributed by atoms with van der Waals surface area (Å²) < 4.78 is 0. The van der Waals surface area contributed by atoms with Crippen molar-refractivity contribution in [3.05, 3.63) is 52.2 Å². The molecule has 0 saturated carbocycles. The Labute approximate surface area is 127 Å². The van der Waals surface area contributed by atoms with Gasteiger partial charge in [-0.2, -0.15) is 0 Å². The highest BCUT2D eigenvalue weighted by Gasteiger charge is 2.24. The first-order valence-corrected chi connectivity index (χ1v) is 7.16. The van der Waals surface area contributed by atoms with Gasteiger partial charge in [0.2, 0.25) is 5.95 Å². The van der Waals surface area contributed by atoms with Gasteiger partial charge in [-0.1, -0.05) is 0 Å². The normalized spacial score (nSPS) is 15.0. The van der Waals surface area contributed by atoms with Crippen molar-refractivity contribution in [2.45, 2.75) is 6.92 Å². The number of anilines is 1. The number of amides is 1. The molecule has 3 heterocycles. The molecule has 22 heavy (non-hydrogen) atoms. The Balaban J connectivity index is 1.68. The number of aromatic amines is 1. The van der Waals surface area contributed by atoms with E-state index in [0.29, 0.717) is 32.1 Å². The maximum absolute atomic E-state index is 12.4. The van der Waals surface area contributed by atoms with Gasteiger partial charge >= 0.3 is 0 Å². The summed E-state index contributed by atoms with van der Waals surface area (Å²) >= 11 is 0. The molecule has 1 aliphatic rings. The van der Waals surface area contributed by atoms with E-state index in [-0.39, 0.29) is 17.0 Å². The van der Waals surface area contributed by atoms with Crippen LogP contribution in [-0.4, -0.2) is 51.9 Å². The van der Waals surface area contributed by atoms with E-state index in [1.807, 2.05) is 4.90 Å².